The van der Waals surface area contributed by atoms with Crippen molar-refractivity contribution in [2.45, 2.75) is 19.9 Å². The summed E-state index contributed by atoms with van der Waals surface area (Å²) in [5.74, 6) is -3.31. The number of carbonyl (C=O) groups excluding carboxylic acids is 5. The molecule has 0 bridgehead atoms. The van der Waals surface area contributed by atoms with E-state index < -0.39 is 48.2 Å². The van der Waals surface area contributed by atoms with Crippen molar-refractivity contribution in [3.8, 4) is 11.5 Å². The molecule has 0 aliphatic carbocycles. The van der Waals surface area contributed by atoms with Gasteiger partial charge in [-0.05, 0) is 36.2 Å². The van der Waals surface area contributed by atoms with E-state index in [1.165, 1.54) is 44.6 Å². The zero-order valence-electron chi connectivity index (χ0n) is 19.6. The summed E-state index contributed by atoms with van der Waals surface area (Å²) < 4.78 is 15.3. The average Bonchev–Trinajstić information content (AvgIpc) is 3.10. The van der Waals surface area contributed by atoms with Crippen molar-refractivity contribution in [1.29, 1.82) is 0 Å². The SMILES string of the molecule is COc1ccc(C(=O)NNC(=O)COC(=O)C(C(C)C)N2C(=O)c3ccccc3C2=O)cc1OC. The first kappa shape index (κ1) is 25.2. The molecule has 1 aliphatic rings. The van der Waals surface area contributed by atoms with E-state index in [4.69, 9.17) is 14.2 Å². The summed E-state index contributed by atoms with van der Waals surface area (Å²) in [6.45, 7) is 2.56. The number of methoxy groups -OCH3 is 2. The third kappa shape index (κ3) is 5.24. The van der Waals surface area contributed by atoms with Gasteiger partial charge in [-0.3, -0.25) is 34.9 Å². The molecule has 1 aliphatic heterocycles. The van der Waals surface area contributed by atoms with Gasteiger partial charge in [0, 0.05) is 5.56 Å². The van der Waals surface area contributed by atoms with Gasteiger partial charge in [0.15, 0.2) is 18.1 Å². The molecule has 2 aromatic carbocycles. The molecule has 0 aromatic heterocycles. The number of amides is 4. The predicted molar refractivity (Wildman–Crippen MR) is 122 cm³/mol. The van der Waals surface area contributed by atoms with Crippen LogP contribution in [0.3, 0.4) is 0 Å². The molecule has 0 fully saturated rings. The maximum Gasteiger partial charge on any atom is 0.330 e. The Balaban J connectivity index is 1.58. The summed E-state index contributed by atoms with van der Waals surface area (Å²) >= 11 is 0. The Morgan fingerprint density at radius 3 is 2.03 bits per heavy atom. The van der Waals surface area contributed by atoms with Gasteiger partial charge in [0.1, 0.15) is 6.04 Å². The van der Waals surface area contributed by atoms with Crippen molar-refractivity contribution in [2.75, 3.05) is 20.8 Å². The maximum atomic E-state index is 12.7. The first-order valence-electron chi connectivity index (χ1n) is 10.6. The number of esters is 1. The standard InChI is InChI=1S/C24H25N3O8/c1-13(2)20(27-22(30)15-7-5-6-8-16(15)23(27)31)24(32)35-12-19(28)25-26-21(29)14-9-10-17(33-3)18(11-14)34-4/h5-11,13,20H,12H2,1-4H3,(H,25,28)(H,26,29). The number of hydrazine groups is 1. The minimum atomic E-state index is -1.23. The number of benzene rings is 2. The molecule has 0 saturated carbocycles. The molecule has 184 valence electrons. The Morgan fingerprint density at radius 1 is 0.886 bits per heavy atom. The molecule has 4 amide bonds. The van der Waals surface area contributed by atoms with E-state index >= 15 is 0 Å². The highest BCUT2D eigenvalue weighted by Crippen LogP contribution is 2.28. The van der Waals surface area contributed by atoms with Gasteiger partial charge in [0.25, 0.3) is 23.6 Å². The van der Waals surface area contributed by atoms with Gasteiger partial charge in [0.2, 0.25) is 0 Å². The molecule has 1 heterocycles. The Morgan fingerprint density at radius 2 is 1.49 bits per heavy atom. The van der Waals surface area contributed by atoms with E-state index in [1.54, 1.807) is 26.0 Å². The molecule has 11 heteroatoms. The normalized spacial score (nSPS) is 13.2. The molecule has 11 nitrogen and oxygen atoms in total. The van der Waals surface area contributed by atoms with Gasteiger partial charge < -0.3 is 14.2 Å². The largest absolute Gasteiger partial charge is 0.493 e. The molecule has 1 unspecified atom stereocenters. The van der Waals surface area contributed by atoms with Crippen LogP contribution >= 0.6 is 0 Å². The second kappa shape index (κ2) is 10.7. The van der Waals surface area contributed by atoms with E-state index in [9.17, 15) is 24.0 Å². The minimum Gasteiger partial charge on any atom is -0.493 e. The average molecular weight is 483 g/mol. The second-order valence-electron chi connectivity index (χ2n) is 7.89. The van der Waals surface area contributed by atoms with Crippen molar-refractivity contribution < 1.29 is 38.2 Å². The number of nitrogens with zero attached hydrogens (tertiary/aromatic N) is 1. The quantitative estimate of drug-likeness (QED) is 0.326. The van der Waals surface area contributed by atoms with Crippen molar-refractivity contribution >= 4 is 29.6 Å². The highest BCUT2D eigenvalue weighted by atomic mass is 16.5. The van der Waals surface area contributed by atoms with Gasteiger partial charge in [-0.25, -0.2) is 4.79 Å². The zero-order valence-corrected chi connectivity index (χ0v) is 19.6. The van der Waals surface area contributed by atoms with Gasteiger partial charge in [-0.2, -0.15) is 0 Å². The first-order valence-corrected chi connectivity index (χ1v) is 10.6. The lowest BCUT2D eigenvalue weighted by Gasteiger charge is -2.27. The number of hydrogen-bond donors (Lipinski definition) is 2. The number of ether oxygens (including phenoxy) is 3. The lowest BCUT2D eigenvalue weighted by atomic mass is 10.0. The molecule has 0 saturated heterocycles. The van der Waals surface area contributed by atoms with E-state index in [-0.39, 0.29) is 16.7 Å². The summed E-state index contributed by atoms with van der Waals surface area (Å²) in [6, 6.07) is 9.46. The number of fused-ring (bicyclic) bond motifs is 1. The van der Waals surface area contributed by atoms with E-state index in [0.29, 0.717) is 11.5 Å². The molecule has 35 heavy (non-hydrogen) atoms. The molecule has 2 aromatic rings. The minimum absolute atomic E-state index is 0.186. The highest BCUT2D eigenvalue weighted by Gasteiger charge is 2.44. The van der Waals surface area contributed by atoms with Gasteiger partial charge in [-0.15, -0.1) is 0 Å². The van der Waals surface area contributed by atoms with Gasteiger partial charge in [0.05, 0.1) is 25.3 Å². The Labute approximate surface area is 201 Å². The maximum absolute atomic E-state index is 12.7. The third-order valence-corrected chi connectivity index (χ3v) is 5.28. The highest BCUT2D eigenvalue weighted by molar-refractivity contribution is 6.22. The lowest BCUT2D eigenvalue weighted by Crippen LogP contribution is -2.50. The fourth-order valence-electron chi connectivity index (χ4n) is 3.57. The fraction of sp³-hybridized carbons (Fsp3) is 0.292. The molecule has 1 atom stereocenters. The Hall–Kier alpha value is -4.41. The Kier molecular flexibility index (Phi) is 7.69. The fourth-order valence-corrected chi connectivity index (χ4v) is 3.57. The molecule has 0 spiro atoms. The second-order valence-corrected chi connectivity index (χ2v) is 7.89. The number of imide groups is 1. The van der Waals surface area contributed by atoms with Crippen LogP contribution in [0, 0.1) is 5.92 Å². The van der Waals surface area contributed by atoms with Gasteiger partial charge >= 0.3 is 5.97 Å². The summed E-state index contributed by atoms with van der Waals surface area (Å²) in [5, 5.41) is 0. The van der Waals surface area contributed by atoms with Crippen LogP contribution in [-0.2, 0) is 14.3 Å². The van der Waals surface area contributed by atoms with Crippen molar-refractivity contribution in [1.82, 2.24) is 15.8 Å². The Bertz CT molecular complexity index is 1140. The summed E-state index contributed by atoms with van der Waals surface area (Å²) in [5.41, 5.74) is 4.92. The van der Waals surface area contributed by atoms with Crippen LogP contribution in [0.4, 0.5) is 0 Å². The predicted octanol–water partition coefficient (Wildman–Crippen LogP) is 1.33. The summed E-state index contributed by atoms with van der Waals surface area (Å²) in [7, 11) is 2.87. The van der Waals surface area contributed by atoms with Gasteiger partial charge in [-0.1, -0.05) is 26.0 Å². The number of hydrogen-bond acceptors (Lipinski definition) is 8. The van der Waals surface area contributed by atoms with Crippen LogP contribution in [0.2, 0.25) is 0 Å². The lowest BCUT2D eigenvalue weighted by molar-refractivity contribution is -0.153. The van der Waals surface area contributed by atoms with Crippen LogP contribution in [0.15, 0.2) is 42.5 Å². The van der Waals surface area contributed by atoms with Crippen molar-refractivity contribution in [3.63, 3.8) is 0 Å². The molecule has 0 radical (unpaired) electrons. The van der Waals surface area contributed by atoms with E-state index in [2.05, 4.69) is 10.9 Å². The number of carbonyl (C=O) groups is 5. The van der Waals surface area contributed by atoms with Crippen LogP contribution in [0.25, 0.3) is 0 Å². The molecule has 3 rings (SSSR count). The smallest absolute Gasteiger partial charge is 0.330 e. The number of nitrogens with one attached hydrogen (secondary N) is 2. The van der Waals surface area contributed by atoms with Crippen molar-refractivity contribution in [3.05, 3.63) is 59.2 Å². The molecule has 2 N–H and O–H groups in total. The van der Waals surface area contributed by atoms with Crippen LogP contribution in [0.1, 0.15) is 44.9 Å². The number of rotatable bonds is 8. The van der Waals surface area contributed by atoms with E-state index in [1.807, 2.05) is 0 Å². The van der Waals surface area contributed by atoms with E-state index in [0.717, 1.165) is 4.90 Å². The van der Waals surface area contributed by atoms with Crippen molar-refractivity contribution in [2.24, 2.45) is 5.92 Å². The zero-order chi connectivity index (χ0) is 25.7. The topological polar surface area (TPSA) is 140 Å². The van der Waals surface area contributed by atoms with Crippen LogP contribution in [-0.4, -0.2) is 61.4 Å². The molecular formula is C24H25N3O8. The monoisotopic (exact) mass is 483 g/mol. The van der Waals surface area contributed by atoms with Crippen LogP contribution < -0.4 is 20.3 Å². The van der Waals surface area contributed by atoms with Crippen LogP contribution in [0.5, 0.6) is 11.5 Å². The summed E-state index contributed by atoms with van der Waals surface area (Å²) in [6.07, 6.45) is 0. The molecular weight excluding hydrogens is 458 g/mol. The first-order chi connectivity index (χ1) is 16.7. The third-order valence-electron chi connectivity index (χ3n) is 5.28. The summed E-state index contributed by atoms with van der Waals surface area (Å²) in [4.78, 5) is 63.5.